The van der Waals surface area contributed by atoms with E-state index in [1.165, 1.54) is 0 Å². The Balaban J connectivity index is 1.33. The fraction of sp³-hybridized carbons (Fsp3) is 0.304. The van der Waals surface area contributed by atoms with Gasteiger partial charge in [0.2, 0.25) is 0 Å². The van der Waals surface area contributed by atoms with E-state index < -0.39 is 0 Å². The van der Waals surface area contributed by atoms with Crippen molar-refractivity contribution in [3.8, 4) is 0 Å². The van der Waals surface area contributed by atoms with E-state index in [1.807, 2.05) is 66.2 Å². The summed E-state index contributed by atoms with van der Waals surface area (Å²) >= 11 is 0. The van der Waals surface area contributed by atoms with E-state index in [0.717, 1.165) is 53.4 Å². The monoisotopic (exact) mass is 388 g/mol. The second-order valence-electron chi connectivity index (χ2n) is 7.87. The second-order valence-corrected chi connectivity index (χ2v) is 7.87. The number of fused-ring (bicyclic) bond motifs is 2. The molecule has 0 spiro atoms. The van der Waals surface area contributed by atoms with E-state index in [2.05, 4.69) is 14.9 Å². The number of nitrogens with zero attached hydrogens (tertiary/aromatic N) is 2. The van der Waals surface area contributed by atoms with Gasteiger partial charge in [-0.05, 0) is 38.0 Å². The first-order valence-corrected chi connectivity index (χ1v) is 10.2. The van der Waals surface area contributed by atoms with Crippen LogP contribution >= 0.6 is 0 Å². The van der Waals surface area contributed by atoms with Gasteiger partial charge in [0.05, 0.1) is 17.1 Å². The fourth-order valence-corrected chi connectivity index (χ4v) is 4.63. The van der Waals surface area contributed by atoms with Crippen LogP contribution in [-0.2, 0) is 0 Å². The van der Waals surface area contributed by atoms with Crippen molar-refractivity contribution >= 4 is 27.7 Å². The molecule has 2 N–H and O–H groups in total. The molecule has 1 saturated heterocycles. The minimum absolute atomic E-state index is 0.0485. The summed E-state index contributed by atoms with van der Waals surface area (Å²) in [5.74, 6) is 0.144. The van der Waals surface area contributed by atoms with E-state index in [0.29, 0.717) is 0 Å². The van der Waals surface area contributed by atoms with Crippen molar-refractivity contribution in [1.82, 2.24) is 19.4 Å². The number of hydrogen-bond acceptors (Lipinski definition) is 3. The Labute approximate surface area is 168 Å². The summed E-state index contributed by atoms with van der Waals surface area (Å²) in [5, 5.41) is 0.976. The van der Waals surface area contributed by atoms with Crippen molar-refractivity contribution in [2.45, 2.75) is 31.8 Å². The van der Waals surface area contributed by atoms with Crippen LogP contribution in [0.5, 0.6) is 0 Å². The van der Waals surface area contributed by atoms with Crippen LogP contribution in [0.1, 0.15) is 36.2 Å². The molecular formula is C23H24N4O2. The summed E-state index contributed by atoms with van der Waals surface area (Å²) in [7, 11) is 0. The molecule has 148 valence electrons. The Morgan fingerprint density at radius 2 is 1.72 bits per heavy atom. The lowest BCUT2D eigenvalue weighted by molar-refractivity contribution is 0.0777. The highest BCUT2D eigenvalue weighted by Crippen LogP contribution is 2.27. The number of para-hydroxylation sites is 3. The number of piperidine rings is 1. The van der Waals surface area contributed by atoms with E-state index in [4.69, 9.17) is 0 Å². The fourth-order valence-electron chi connectivity index (χ4n) is 4.63. The number of ketones is 1. The van der Waals surface area contributed by atoms with Crippen LogP contribution in [0, 0.1) is 0 Å². The molecule has 0 saturated carbocycles. The molecule has 3 heterocycles. The molecule has 0 bridgehead atoms. The van der Waals surface area contributed by atoms with Crippen LogP contribution in [0.25, 0.3) is 21.9 Å². The first kappa shape index (κ1) is 17.9. The summed E-state index contributed by atoms with van der Waals surface area (Å²) in [6.07, 6.45) is 3.53. The second kappa shape index (κ2) is 7.04. The molecule has 6 nitrogen and oxygen atoms in total. The molecule has 1 unspecified atom stereocenters. The van der Waals surface area contributed by atoms with Crippen LogP contribution in [0.3, 0.4) is 0 Å². The van der Waals surface area contributed by atoms with Crippen molar-refractivity contribution in [2.24, 2.45) is 0 Å². The standard InChI is InChI=1S/C23H24N4O2/c1-15(22(28)18-14-24-19-7-3-2-6-17(18)19)26-12-10-16(11-13-26)27-21-9-5-4-8-20(21)25-23(27)29/h2-9,14-16,24H,10-13H2,1H3,(H,25,29). The molecule has 2 aromatic heterocycles. The summed E-state index contributed by atoms with van der Waals surface area (Å²) in [5.41, 5.74) is 3.53. The minimum atomic E-state index is -0.185. The van der Waals surface area contributed by atoms with Crippen LogP contribution in [-0.4, -0.2) is 44.3 Å². The molecule has 1 aliphatic rings. The van der Waals surface area contributed by atoms with Gasteiger partial charge in [-0.1, -0.05) is 30.3 Å². The third-order valence-corrected chi connectivity index (χ3v) is 6.27. The molecule has 5 rings (SSSR count). The lowest BCUT2D eigenvalue weighted by Crippen LogP contribution is -2.45. The van der Waals surface area contributed by atoms with Gasteiger partial charge in [-0.15, -0.1) is 0 Å². The molecule has 0 amide bonds. The van der Waals surface area contributed by atoms with Gasteiger partial charge in [0.25, 0.3) is 0 Å². The van der Waals surface area contributed by atoms with Gasteiger partial charge >= 0.3 is 5.69 Å². The van der Waals surface area contributed by atoms with Crippen molar-refractivity contribution in [3.63, 3.8) is 0 Å². The lowest BCUT2D eigenvalue weighted by atomic mass is 9.98. The van der Waals surface area contributed by atoms with Crippen LogP contribution in [0.4, 0.5) is 0 Å². The number of carbonyl (C=O) groups excluding carboxylic acids is 1. The van der Waals surface area contributed by atoms with Crippen molar-refractivity contribution < 1.29 is 4.79 Å². The SMILES string of the molecule is CC(C(=O)c1c[nH]c2ccccc12)N1CCC(n2c(=O)[nH]c3ccccc32)CC1. The van der Waals surface area contributed by atoms with Gasteiger partial charge < -0.3 is 9.97 Å². The van der Waals surface area contributed by atoms with Crippen molar-refractivity contribution in [3.05, 3.63) is 70.8 Å². The molecule has 29 heavy (non-hydrogen) atoms. The van der Waals surface area contributed by atoms with Gasteiger partial charge in [-0.25, -0.2) is 4.79 Å². The Bertz CT molecular complexity index is 1240. The molecular weight excluding hydrogens is 364 g/mol. The van der Waals surface area contributed by atoms with E-state index in [9.17, 15) is 9.59 Å². The predicted octanol–water partition coefficient (Wildman–Crippen LogP) is 3.72. The number of hydrogen-bond donors (Lipinski definition) is 2. The van der Waals surface area contributed by atoms with Crippen LogP contribution < -0.4 is 5.69 Å². The van der Waals surface area contributed by atoms with Crippen molar-refractivity contribution in [2.75, 3.05) is 13.1 Å². The van der Waals surface area contributed by atoms with E-state index in [1.54, 1.807) is 0 Å². The minimum Gasteiger partial charge on any atom is -0.360 e. The number of benzene rings is 2. The van der Waals surface area contributed by atoms with Gasteiger partial charge in [0, 0.05) is 41.8 Å². The highest BCUT2D eigenvalue weighted by molar-refractivity contribution is 6.10. The Hall–Kier alpha value is -3.12. The molecule has 6 heteroatoms. The molecule has 2 aromatic carbocycles. The third kappa shape index (κ3) is 3.00. The quantitative estimate of drug-likeness (QED) is 0.523. The zero-order chi connectivity index (χ0) is 20.0. The molecule has 4 aromatic rings. The summed E-state index contributed by atoms with van der Waals surface area (Å²) in [6, 6.07) is 15.7. The number of Topliss-reactive ketones (excluding diaryl/α,β-unsaturated/α-hetero) is 1. The van der Waals surface area contributed by atoms with E-state index in [-0.39, 0.29) is 23.6 Å². The maximum Gasteiger partial charge on any atom is 0.326 e. The number of rotatable bonds is 4. The van der Waals surface area contributed by atoms with Gasteiger partial charge in [-0.3, -0.25) is 14.3 Å². The van der Waals surface area contributed by atoms with Crippen LogP contribution in [0.2, 0.25) is 0 Å². The maximum atomic E-state index is 13.1. The summed E-state index contributed by atoms with van der Waals surface area (Å²) < 4.78 is 1.89. The van der Waals surface area contributed by atoms with Crippen LogP contribution in [0.15, 0.2) is 59.5 Å². The Kier molecular flexibility index (Phi) is 4.36. The lowest BCUT2D eigenvalue weighted by Gasteiger charge is -2.35. The summed E-state index contributed by atoms with van der Waals surface area (Å²) in [6.45, 7) is 3.58. The van der Waals surface area contributed by atoms with Gasteiger partial charge in [-0.2, -0.15) is 0 Å². The Morgan fingerprint density at radius 3 is 2.52 bits per heavy atom. The average molecular weight is 388 g/mol. The zero-order valence-corrected chi connectivity index (χ0v) is 16.4. The molecule has 0 radical (unpaired) electrons. The maximum absolute atomic E-state index is 13.1. The number of likely N-dealkylation sites (tertiary alicyclic amines) is 1. The summed E-state index contributed by atoms with van der Waals surface area (Å²) in [4.78, 5) is 34.0. The number of nitrogens with one attached hydrogen (secondary N) is 2. The number of aromatic nitrogens is 3. The average Bonchev–Trinajstić information content (AvgIpc) is 3.33. The zero-order valence-electron chi connectivity index (χ0n) is 16.4. The van der Waals surface area contributed by atoms with E-state index >= 15 is 0 Å². The predicted molar refractivity (Wildman–Crippen MR) is 114 cm³/mol. The van der Waals surface area contributed by atoms with Gasteiger partial charge in [0.1, 0.15) is 0 Å². The normalized spacial score (nSPS) is 17.1. The highest BCUT2D eigenvalue weighted by Gasteiger charge is 2.30. The van der Waals surface area contributed by atoms with Gasteiger partial charge in [0.15, 0.2) is 5.78 Å². The number of imidazole rings is 1. The Morgan fingerprint density at radius 1 is 1.03 bits per heavy atom. The third-order valence-electron chi connectivity index (χ3n) is 6.27. The molecule has 1 aliphatic heterocycles. The number of aromatic amines is 2. The van der Waals surface area contributed by atoms with Crippen molar-refractivity contribution in [1.29, 1.82) is 0 Å². The topological polar surface area (TPSA) is 73.9 Å². The molecule has 1 fully saturated rings. The highest BCUT2D eigenvalue weighted by atomic mass is 16.1. The molecule has 0 aliphatic carbocycles. The first-order valence-electron chi connectivity index (χ1n) is 10.2. The number of H-pyrrole nitrogens is 2. The molecule has 1 atom stereocenters. The first-order chi connectivity index (χ1) is 14.1. The smallest absolute Gasteiger partial charge is 0.326 e. The largest absolute Gasteiger partial charge is 0.360 e. The number of carbonyl (C=O) groups is 1.